The molecular formula is C11H15ClFN3O2. The van der Waals surface area contributed by atoms with Gasteiger partial charge >= 0.3 is 0 Å². The summed E-state index contributed by atoms with van der Waals surface area (Å²) in [5.41, 5.74) is 10.4. The predicted octanol–water partition coefficient (Wildman–Crippen LogP) is 0.880. The smallest absolute Gasteiger partial charge is 0.248 e. The zero-order valence-corrected chi connectivity index (χ0v) is 10.6. The fraction of sp³-hybridized carbons (Fsp3) is 0.273. The minimum Gasteiger partial charge on any atom is -0.366 e. The maximum Gasteiger partial charge on any atom is 0.248 e. The van der Waals surface area contributed by atoms with Crippen LogP contribution in [0.2, 0.25) is 0 Å². The lowest BCUT2D eigenvalue weighted by Crippen LogP contribution is -2.27. The fourth-order valence-corrected chi connectivity index (χ4v) is 1.14. The van der Waals surface area contributed by atoms with Crippen molar-refractivity contribution in [2.45, 2.75) is 6.92 Å². The third kappa shape index (κ3) is 3.97. The van der Waals surface area contributed by atoms with Crippen molar-refractivity contribution in [3.05, 3.63) is 29.6 Å². The van der Waals surface area contributed by atoms with Gasteiger partial charge in [-0.2, -0.15) is 0 Å². The van der Waals surface area contributed by atoms with Gasteiger partial charge in [-0.3, -0.25) is 9.59 Å². The molecule has 5 nitrogen and oxygen atoms in total. The number of carbonyl (C=O) groups is 2. The number of carbonyl (C=O) groups excluding carboxylic acids is 2. The Labute approximate surface area is 110 Å². The lowest BCUT2D eigenvalue weighted by atomic mass is 10.1. The lowest BCUT2D eigenvalue weighted by Gasteiger charge is -2.11. The highest BCUT2D eigenvalue weighted by Crippen LogP contribution is 2.16. The third-order valence-electron chi connectivity index (χ3n) is 2.31. The Kier molecular flexibility index (Phi) is 6.29. The van der Waals surface area contributed by atoms with Crippen LogP contribution >= 0.6 is 12.4 Å². The van der Waals surface area contributed by atoms with Crippen molar-refractivity contribution in [1.29, 1.82) is 0 Å². The number of hydrogen-bond donors (Lipinski definition) is 3. The molecule has 0 aliphatic rings. The highest BCUT2D eigenvalue weighted by molar-refractivity contribution is 5.97. The van der Waals surface area contributed by atoms with Gasteiger partial charge in [0.05, 0.1) is 5.69 Å². The number of halogens is 2. The second-order valence-electron chi connectivity index (χ2n) is 3.68. The normalized spacial score (nSPS) is 11.3. The molecule has 18 heavy (non-hydrogen) atoms. The van der Waals surface area contributed by atoms with E-state index < -0.39 is 23.5 Å². The summed E-state index contributed by atoms with van der Waals surface area (Å²) in [6, 6.07) is 3.52. The number of primary amides is 1. The average Bonchev–Trinajstić information content (AvgIpc) is 2.30. The van der Waals surface area contributed by atoms with Crippen molar-refractivity contribution in [2.75, 3.05) is 11.9 Å². The van der Waals surface area contributed by atoms with E-state index in [4.69, 9.17) is 11.5 Å². The number of anilines is 1. The average molecular weight is 276 g/mol. The minimum absolute atomic E-state index is 0. The first-order chi connectivity index (χ1) is 7.95. The second-order valence-corrected chi connectivity index (χ2v) is 3.68. The maximum atomic E-state index is 13.4. The highest BCUT2D eigenvalue weighted by atomic mass is 35.5. The molecule has 7 heteroatoms. The maximum absolute atomic E-state index is 13.4. The van der Waals surface area contributed by atoms with Gasteiger partial charge in [-0.25, -0.2) is 4.39 Å². The van der Waals surface area contributed by atoms with Gasteiger partial charge in [-0.1, -0.05) is 6.92 Å². The molecule has 0 saturated carbocycles. The van der Waals surface area contributed by atoms with Crippen LogP contribution in [0.5, 0.6) is 0 Å². The number of rotatable bonds is 4. The molecule has 1 unspecified atom stereocenters. The van der Waals surface area contributed by atoms with Gasteiger partial charge in [0.25, 0.3) is 0 Å². The van der Waals surface area contributed by atoms with Gasteiger partial charge in [-0.15, -0.1) is 12.4 Å². The zero-order valence-electron chi connectivity index (χ0n) is 9.77. The molecule has 0 heterocycles. The molecule has 0 fully saturated rings. The van der Waals surface area contributed by atoms with Crippen LogP contribution < -0.4 is 16.8 Å². The quantitative estimate of drug-likeness (QED) is 0.761. The van der Waals surface area contributed by atoms with Gasteiger partial charge in [-0.05, 0) is 18.2 Å². The van der Waals surface area contributed by atoms with Crippen molar-refractivity contribution >= 4 is 29.9 Å². The fourth-order valence-electron chi connectivity index (χ4n) is 1.14. The molecule has 100 valence electrons. The van der Waals surface area contributed by atoms with E-state index in [1.165, 1.54) is 12.1 Å². The highest BCUT2D eigenvalue weighted by Gasteiger charge is 2.14. The van der Waals surface area contributed by atoms with Crippen LogP contribution in [-0.2, 0) is 4.79 Å². The Bertz CT molecular complexity index is 454. The minimum atomic E-state index is -0.688. The summed E-state index contributed by atoms with van der Waals surface area (Å²) in [6.45, 7) is 1.77. The van der Waals surface area contributed by atoms with E-state index in [0.717, 1.165) is 6.07 Å². The summed E-state index contributed by atoms with van der Waals surface area (Å²) in [5, 5.41) is 2.35. The topological polar surface area (TPSA) is 98.2 Å². The van der Waals surface area contributed by atoms with Gasteiger partial charge < -0.3 is 16.8 Å². The van der Waals surface area contributed by atoms with Gasteiger partial charge in [0.2, 0.25) is 11.8 Å². The van der Waals surface area contributed by atoms with E-state index in [1.54, 1.807) is 6.92 Å². The van der Waals surface area contributed by atoms with E-state index in [0.29, 0.717) is 0 Å². The van der Waals surface area contributed by atoms with Crippen LogP contribution in [0.15, 0.2) is 18.2 Å². The van der Waals surface area contributed by atoms with E-state index in [2.05, 4.69) is 5.32 Å². The standard InChI is InChI=1S/C11H14FN3O2.ClH/c1-6(5-13)11(17)15-9-4-7(10(14)16)2-3-8(9)12;/h2-4,6H,5,13H2,1H3,(H2,14,16)(H,15,17);1H. The molecule has 2 amide bonds. The Morgan fingerprint density at radius 1 is 1.44 bits per heavy atom. The monoisotopic (exact) mass is 275 g/mol. The molecule has 5 N–H and O–H groups in total. The van der Waals surface area contributed by atoms with Crippen LogP contribution in [0.4, 0.5) is 10.1 Å². The number of amides is 2. The molecule has 0 bridgehead atoms. The Hall–Kier alpha value is -1.66. The molecule has 0 radical (unpaired) electrons. The van der Waals surface area contributed by atoms with Gasteiger partial charge in [0, 0.05) is 18.0 Å². The van der Waals surface area contributed by atoms with Crippen molar-refractivity contribution < 1.29 is 14.0 Å². The summed E-state index contributed by atoms with van der Waals surface area (Å²) >= 11 is 0. The van der Waals surface area contributed by atoms with E-state index in [-0.39, 0.29) is 30.2 Å². The van der Waals surface area contributed by atoms with Crippen LogP contribution in [0, 0.1) is 11.7 Å². The van der Waals surface area contributed by atoms with Crippen LogP contribution in [-0.4, -0.2) is 18.4 Å². The van der Waals surface area contributed by atoms with Crippen LogP contribution in [0.3, 0.4) is 0 Å². The molecule has 0 saturated heterocycles. The summed E-state index contributed by atoms with van der Waals surface area (Å²) < 4.78 is 13.4. The molecule has 0 aliphatic heterocycles. The molecule has 1 rings (SSSR count). The molecule has 1 aromatic rings. The van der Waals surface area contributed by atoms with Crippen molar-refractivity contribution in [2.24, 2.45) is 17.4 Å². The largest absolute Gasteiger partial charge is 0.366 e. The van der Waals surface area contributed by atoms with Crippen molar-refractivity contribution in [1.82, 2.24) is 0 Å². The van der Waals surface area contributed by atoms with Gasteiger partial charge in [0.1, 0.15) is 5.82 Å². The van der Waals surface area contributed by atoms with E-state index >= 15 is 0 Å². The lowest BCUT2D eigenvalue weighted by molar-refractivity contribution is -0.119. The summed E-state index contributed by atoms with van der Waals surface area (Å²) in [4.78, 5) is 22.4. The number of hydrogen-bond acceptors (Lipinski definition) is 3. The van der Waals surface area contributed by atoms with Gasteiger partial charge in [0.15, 0.2) is 0 Å². The Morgan fingerprint density at radius 3 is 2.56 bits per heavy atom. The molecule has 0 spiro atoms. The molecule has 0 aromatic heterocycles. The Morgan fingerprint density at radius 2 is 2.06 bits per heavy atom. The first kappa shape index (κ1) is 16.3. The van der Waals surface area contributed by atoms with Crippen LogP contribution in [0.1, 0.15) is 17.3 Å². The number of benzene rings is 1. The van der Waals surface area contributed by atoms with Crippen molar-refractivity contribution in [3.8, 4) is 0 Å². The van der Waals surface area contributed by atoms with Crippen molar-refractivity contribution in [3.63, 3.8) is 0 Å². The molecule has 1 aromatic carbocycles. The first-order valence-electron chi connectivity index (χ1n) is 5.06. The first-order valence-corrected chi connectivity index (χ1v) is 5.06. The number of nitrogens with one attached hydrogen (secondary N) is 1. The Balaban J connectivity index is 0.00000289. The van der Waals surface area contributed by atoms with E-state index in [1.807, 2.05) is 0 Å². The summed E-state index contributed by atoms with van der Waals surface area (Å²) in [6.07, 6.45) is 0. The second kappa shape index (κ2) is 6.93. The SMILES string of the molecule is CC(CN)C(=O)Nc1cc(C(N)=O)ccc1F.Cl. The zero-order chi connectivity index (χ0) is 13.0. The van der Waals surface area contributed by atoms with Crippen LogP contribution in [0.25, 0.3) is 0 Å². The van der Waals surface area contributed by atoms with E-state index in [9.17, 15) is 14.0 Å². The summed E-state index contributed by atoms with van der Waals surface area (Å²) in [7, 11) is 0. The summed E-state index contributed by atoms with van der Waals surface area (Å²) in [5.74, 6) is -2.17. The number of nitrogens with two attached hydrogens (primary N) is 2. The predicted molar refractivity (Wildman–Crippen MR) is 69.0 cm³/mol. The third-order valence-corrected chi connectivity index (χ3v) is 2.31. The molecule has 0 aliphatic carbocycles. The molecule has 1 atom stereocenters. The molecular weight excluding hydrogens is 261 g/mol.